The summed E-state index contributed by atoms with van der Waals surface area (Å²) in [5.74, 6) is 0. The van der Waals surface area contributed by atoms with Gasteiger partial charge in [-0.1, -0.05) is 40.2 Å². The van der Waals surface area contributed by atoms with Gasteiger partial charge in [0.05, 0.1) is 0 Å². The summed E-state index contributed by atoms with van der Waals surface area (Å²) in [7, 11) is 0. The van der Waals surface area contributed by atoms with Gasteiger partial charge in [0.1, 0.15) is 5.60 Å². The van der Waals surface area contributed by atoms with Crippen LogP contribution in [0, 0.1) is 0 Å². The molecule has 78 valence electrons. The summed E-state index contributed by atoms with van der Waals surface area (Å²) in [6, 6.07) is 11.6. The minimum absolute atomic E-state index is 0.896. The highest BCUT2D eigenvalue weighted by atomic mass is 79.9. The van der Waals surface area contributed by atoms with Gasteiger partial charge in [0.15, 0.2) is 0 Å². The van der Waals surface area contributed by atoms with E-state index in [1.165, 1.54) is 0 Å². The molecule has 15 heavy (non-hydrogen) atoms. The average Bonchev–Trinajstić information content (AvgIpc) is 2.71. The highest BCUT2D eigenvalue weighted by Gasteiger charge is 2.28. The van der Waals surface area contributed by atoms with E-state index in [-0.39, 0.29) is 0 Å². The van der Waals surface area contributed by atoms with E-state index in [0.717, 1.165) is 14.9 Å². The lowest BCUT2D eigenvalue weighted by Crippen LogP contribution is -2.21. The van der Waals surface area contributed by atoms with Crippen LogP contribution in [0.1, 0.15) is 17.4 Å². The molecule has 0 aliphatic rings. The van der Waals surface area contributed by atoms with E-state index in [1.807, 2.05) is 48.7 Å². The van der Waals surface area contributed by atoms with Gasteiger partial charge < -0.3 is 5.11 Å². The lowest BCUT2D eigenvalue weighted by molar-refractivity contribution is 0.105. The number of rotatable bonds is 2. The van der Waals surface area contributed by atoms with E-state index in [1.54, 1.807) is 11.3 Å². The average molecular weight is 283 g/mol. The minimum atomic E-state index is -0.922. The molecule has 0 bridgehead atoms. The largest absolute Gasteiger partial charge is 0.380 e. The minimum Gasteiger partial charge on any atom is -0.380 e. The van der Waals surface area contributed by atoms with Crippen molar-refractivity contribution in [2.45, 2.75) is 12.5 Å². The molecule has 0 radical (unpaired) electrons. The third-order valence-electron chi connectivity index (χ3n) is 2.40. The summed E-state index contributed by atoms with van der Waals surface area (Å²) < 4.78 is 0.934. The van der Waals surface area contributed by atoms with Crippen LogP contribution in [0.15, 0.2) is 46.3 Å². The fraction of sp³-hybridized carbons (Fsp3) is 0.167. The molecule has 1 atom stereocenters. The van der Waals surface area contributed by atoms with Crippen molar-refractivity contribution in [2.75, 3.05) is 0 Å². The smallest absolute Gasteiger partial charge is 0.122 e. The molecule has 1 nitrogen and oxygen atoms in total. The van der Waals surface area contributed by atoms with E-state index in [2.05, 4.69) is 15.9 Å². The fourth-order valence-corrected chi connectivity index (χ4v) is 3.02. The van der Waals surface area contributed by atoms with Gasteiger partial charge in [-0.25, -0.2) is 0 Å². The molecule has 0 saturated carbocycles. The van der Waals surface area contributed by atoms with Gasteiger partial charge in [0.25, 0.3) is 0 Å². The lowest BCUT2D eigenvalue weighted by atomic mass is 9.94. The molecule has 0 aliphatic heterocycles. The molecule has 2 rings (SSSR count). The zero-order valence-electron chi connectivity index (χ0n) is 8.27. The Morgan fingerprint density at radius 3 is 2.53 bits per heavy atom. The molecule has 0 aliphatic carbocycles. The molecular formula is C12H11BrOS. The van der Waals surface area contributed by atoms with Gasteiger partial charge in [-0.05, 0) is 24.4 Å². The molecule has 1 N–H and O–H groups in total. The molecule has 1 unspecified atom stereocenters. The van der Waals surface area contributed by atoms with E-state index in [4.69, 9.17) is 0 Å². The van der Waals surface area contributed by atoms with Gasteiger partial charge in [-0.3, -0.25) is 0 Å². The van der Waals surface area contributed by atoms with Gasteiger partial charge >= 0.3 is 0 Å². The third-order valence-corrected chi connectivity index (χ3v) is 4.17. The van der Waals surface area contributed by atoms with Gasteiger partial charge in [-0.2, -0.15) is 0 Å². The van der Waals surface area contributed by atoms with Crippen LogP contribution in [0.5, 0.6) is 0 Å². The van der Waals surface area contributed by atoms with E-state index in [9.17, 15) is 5.11 Å². The maximum atomic E-state index is 10.5. The van der Waals surface area contributed by atoms with Crippen molar-refractivity contribution in [3.63, 3.8) is 0 Å². The molecular weight excluding hydrogens is 272 g/mol. The van der Waals surface area contributed by atoms with Crippen LogP contribution in [-0.4, -0.2) is 5.11 Å². The molecule has 1 aromatic heterocycles. The Kier molecular flexibility index (Phi) is 2.96. The molecule has 2 aromatic rings. The Balaban J connectivity index is 2.51. The van der Waals surface area contributed by atoms with Crippen LogP contribution < -0.4 is 0 Å². The van der Waals surface area contributed by atoms with Crippen molar-refractivity contribution in [2.24, 2.45) is 0 Å². The quantitative estimate of drug-likeness (QED) is 0.889. The Bertz CT molecular complexity index is 448. The Labute approximate surface area is 102 Å². The summed E-state index contributed by atoms with van der Waals surface area (Å²) in [5.41, 5.74) is -0.0266. The normalized spacial score (nSPS) is 14.9. The number of thiophene rings is 1. The molecule has 0 spiro atoms. The number of hydrogen-bond donors (Lipinski definition) is 1. The van der Waals surface area contributed by atoms with Gasteiger partial charge in [0, 0.05) is 14.9 Å². The fourth-order valence-electron chi connectivity index (χ4n) is 1.54. The number of hydrogen-bond acceptors (Lipinski definition) is 2. The molecule has 0 saturated heterocycles. The molecule has 0 fully saturated rings. The van der Waals surface area contributed by atoms with Crippen molar-refractivity contribution in [3.8, 4) is 0 Å². The van der Waals surface area contributed by atoms with E-state index in [0.29, 0.717) is 0 Å². The number of halogens is 1. The standard InChI is InChI=1S/C12H11BrOS/c1-12(14,11-7-4-8-15-11)9-5-2-3-6-10(9)13/h2-8,14H,1H3. The number of aliphatic hydroxyl groups is 1. The lowest BCUT2D eigenvalue weighted by Gasteiger charge is -2.23. The highest BCUT2D eigenvalue weighted by Crippen LogP contribution is 2.35. The third kappa shape index (κ3) is 2.00. The first-order chi connectivity index (χ1) is 7.12. The second kappa shape index (κ2) is 4.08. The summed E-state index contributed by atoms with van der Waals surface area (Å²) in [4.78, 5) is 0.953. The predicted molar refractivity (Wildman–Crippen MR) is 67.1 cm³/mol. The molecule has 1 heterocycles. The Morgan fingerprint density at radius 1 is 1.20 bits per heavy atom. The first-order valence-corrected chi connectivity index (χ1v) is 6.31. The van der Waals surface area contributed by atoms with Crippen molar-refractivity contribution in [1.82, 2.24) is 0 Å². The Hall–Kier alpha value is -0.640. The van der Waals surface area contributed by atoms with Crippen LogP contribution in [0.3, 0.4) is 0 Å². The maximum absolute atomic E-state index is 10.5. The van der Waals surface area contributed by atoms with Crippen LogP contribution in [0.2, 0.25) is 0 Å². The van der Waals surface area contributed by atoms with Gasteiger partial charge in [0.2, 0.25) is 0 Å². The first kappa shape index (κ1) is 10.9. The van der Waals surface area contributed by atoms with E-state index < -0.39 is 5.60 Å². The first-order valence-electron chi connectivity index (χ1n) is 4.64. The van der Waals surface area contributed by atoms with Gasteiger partial charge in [-0.15, -0.1) is 11.3 Å². The topological polar surface area (TPSA) is 20.2 Å². The van der Waals surface area contributed by atoms with Crippen molar-refractivity contribution >= 4 is 27.3 Å². The van der Waals surface area contributed by atoms with Crippen molar-refractivity contribution in [3.05, 3.63) is 56.7 Å². The monoisotopic (exact) mass is 282 g/mol. The maximum Gasteiger partial charge on any atom is 0.122 e. The summed E-state index contributed by atoms with van der Waals surface area (Å²) >= 11 is 5.02. The second-order valence-electron chi connectivity index (χ2n) is 3.53. The van der Waals surface area contributed by atoms with E-state index >= 15 is 0 Å². The molecule has 0 amide bonds. The predicted octanol–water partition coefficient (Wildman–Crippen LogP) is 3.77. The highest BCUT2D eigenvalue weighted by molar-refractivity contribution is 9.10. The van der Waals surface area contributed by atoms with Crippen molar-refractivity contribution < 1.29 is 5.11 Å². The van der Waals surface area contributed by atoms with Crippen LogP contribution in [0.25, 0.3) is 0 Å². The number of benzene rings is 1. The SMILES string of the molecule is CC(O)(c1cccs1)c1ccccc1Br. The zero-order valence-corrected chi connectivity index (χ0v) is 10.7. The second-order valence-corrected chi connectivity index (χ2v) is 5.33. The van der Waals surface area contributed by atoms with Crippen LogP contribution in [-0.2, 0) is 5.60 Å². The molecule has 3 heteroatoms. The summed E-state index contributed by atoms with van der Waals surface area (Å²) in [5, 5.41) is 12.5. The Morgan fingerprint density at radius 2 is 1.93 bits per heavy atom. The summed E-state index contributed by atoms with van der Waals surface area (Å²) in [6.07, 6.45) is 0. The summed E-state index contributed by atoms with van der Waals surface area (Å²) in [6.45, 7) is 1.82. The van der Waals surface area contributed by atoms with Crippen LogP contribution >= 0.6 is 27.3 Å². The zero-order chi connectivity index (χ0) is 10.9. The van der Waals surface area contributed by atoms with Crippen molar-refractivity contribution in [1.29, 1.82) is 0 Å². The molecule has 1 aromatic carbocycles. The van der Waals surface area contributed by atoms with Crippen LogP contribution in [0.4, 0.5) is 0 Å².